The molecule has 3 aromatic rings. The first kappa shape index (κ1) is 20.5. The predicted molar refractivity (Wildman–Crippen MR) is 119 cm³/mol. The van der Waals surface area contributed by atoms with Gasteiger partial charge in [0.2, 0.25) is 5.91 Å². The van der Waals surface area contributed by atoms with Crippen molar-refractivity contribution in [2.45, 2.75) is 32.2 Å². The number of fused-ring (bicyclic) bond motifs is 1. The van der Waals surface area contributed by atoms with Crippen LogP contribution in [0, 0.1) is 0 Å². The average Bonchev–Trinajstić information content (AvgIpc) is 2.71. The fraction of sp³-hybridized carbons (Fsp3) is 0.292. The SMILES string of the molecule is CC(Cc1ccc2ccccc2c1)NC(=O)CCP(O)CCc1ccccc1. The third-order valence-electron chi connectivity index (χ3n) is 4.86. The molecule has 0 heterocycles. The number of carbonyl (C=O) groups is 1. The molecule has 1 amide bonds. The van der Waals surface area contributed by atoms with Crippen LogP contribution in [0.3, 0.4) is 0 Å². The molecular weight excluding hydrogens is 365 g/mol. The number of aryl methyl sites for hydroxylation is 1. The van der Waals surface area contributed by atoms with Crippen molar-refractivity contribution in [3.8, 4) is 0 Å². The predicted octanol–water partition coefficient (Wildman–Crippen LogP) is 4.91. The molecule has 3 rings (SSSR count). The Morgan fingerprint density at radius 3 is 2.43 bits per heavy atom. The van der Waals surface area contributed by atoms with E-state index in [-0.39, 0.29) is 11.9 Å². The molecule has 0 radical (unpaired) electrons. The first-order valence-corrected chi connectivity index (χ1v) is 11.5. The topological polar surface area (TPSA) is 49.3 Å². The van der Waals surface area contributed by atoms with Gasteiger partial charge in [0, 0.05) is 26.8 Å². The Labute approximate surface area is 168 Å². The van der Waals surface area contributed by atoms with E-state index < -0.39 is 8.15 Å². The van der Waals surface area contributed by atoms with Crippen molar-refractivity contribution < 1.29 is 9.69 Å². The van der Waals surface area contributed by atoms with Gasteiger partial charge >= 0.3 is 0 Å². The van der Waals surface area contributed by atoms with Gasteiger partial charge in [-0.05, 0) is 47.8 Å². The van der Waals surface area contributed by atoms with Crippen LogP contribution in [0.4, 0.5) is 0 Å². The molecule has 2 unspecified atom stereocenters. The summed E-state index contributed by atoms with van der Waals surface area (Å²) in [6.07, 6.45) is 3.37. The van der Waals surface area contributed by atoms with Crippen LogP contribution in [-0.2, 0) is 17.6 Å². The monoisotopic (exact) mass is 393 g/mol. The van der Waals surface area contributed by atoms with Gasteiger partial charge in [0.1, 0.15) is 0 Å². The molecule has 0 saturated carbocycles. The van der Waals surface area contributed by atoms with Crippen molar-refractivity contribution in [2.24, 2.45) is 0 Å². The Morgan fingerprint density at radius 1 is 0.929 bits per heavy atom. The van der Waals surface area contributed by atoms with E-state index in [1.165, 1.54) is 21.9 Å². The highest BCUT2D eigenvalue weighted by atomic mass is 31.1. The van der Waals surface area contributed by atoms with Crippen LogP contribution >= 0.6 is 8.15 Å². The average molecular weight is 393 g/mol. The second-order valence-corrected chi connectivity index (χ2v) is 9.20. The quantitative estimate of drug-likeness (QED) is 0.508. The molecule has 0 spiro atoms. The number of benzene rings is 3. The van der Waals surface area contributed by atoms with E-state index in [1.807, 2.05) is 37.3 Å². The highest BCUT2D eigenvalue weighted by Gasteiger charge is 2.12. The summed E-state index contributed by atoms with van der Waals surface area (Å²) in [7, 11) is -1.09. The zero-order chi connectivity index (χ0) is 19.8. The maximum Gasteiger partial charge on any atom is 0.220 e. The standard InChI is InChI=1S/C24H28NO2P/c1-19(17-21-11-12-22-9-5-6-10-23(22)18-21)25-24(26)14-16-28(27)15-13-20-7-3-2-4-8-20/h2-12,18-19,27H,13-17H2,1H3,(H,25,26). The lowest BCUT2D eigenvalue weighted by Gasteiger charge is -2.16. The van der Waals surface area contributed by atoms with Crippen molar-refractivity contribution in [3.63, 3.8) is 0 Å². The normalized spacial score (nSPS) is 13.2. The van der Waals surface area contributed by atoms with E-state index in [0.717, 1.165) is 19.0 Å². The van der Waals surface area contributed by atoms with E-state index in [9.17, 15) is 9.69 Å². The van der Waals surface area contributed by atoms with Gasteiger partial charge < -0.3 is 10.2 Å². The lowest BCUT2D eigenvalue weighted by molar-refractivity contribution is -0.121. The summed E-state index contributed by atoms with van der Waals surface area (Å²) >= 11 is 0. The summed E-state index contributed by atoms with van der Waals surface area (Å²) < 4.78 is 0. The van der Waals surface area contributed by atoms with E-state index in [1.54, 1.807) is 0 Å². The maximum atomic E-state index is 12.2. The molecule has 0 aliphatic carbocycles. The van der Waals surface area contributed by atoms with Crippen molar-refractivity contribution in [1.29, 1.82) is 0 Å². The van der Waals surface area contributed by atoms with Crippen molar-refractivity contribution in [2.75, 3.05) is 12.3 Å². The van der Waals surface area contributed by atoms with Gasteiger partial charge in [0.05, 0.1) is 0 Å². The van der Waals surface area contributed by atoms with Crippen LogP contribution in [0.15, 0.2) is 72.8 Å². The van der Waals surface area contributed by atoms with Crippen LogP contribution in [0.1, 0.15) is 24.5 Å². The molecular formula is C24H28NO2P. The van der Waals surface area contributed by atoms with Crippen LogP contribution < -0.4 is 5.32 Å². The highest BCUT2D eigenvalue weighted by Crippen LogP contribution is 2.31. The zero-order valence-corrected chi connectivity index (χ0v) is 17.2. The zero-order valence-electron chi connectivity index (χ0n) is 16.3. The summed E-state index contributed by atoms with van der Waals surface area (Å²) in [6, 6.07) is 25.0. The van der Waals surface area contributed by atoms with E-state index in [0.29, 0.717) is 12.6 Å². The fourth-order valence-corrected chi connectivity index (χ4v) is 4.56. The van der Waals surface area contributed by atoms with Crippen molar-refractivity contribution >= 4 is 24.8 Å². The van der Waals surface area contributed by atoms with Crippen LogP contribution in [0.5, 0.6) is 0 Å². The van der Waals surface area contributed by atoms with Crippen LogP contribution in [0.25, 0.3) is 10.8 Å². The number of nitrogens with one attached hydrogen (secondary N) is 1. The molecule has 4 heteroatoms. The molecule has 2 N–H and O–H groups in total. The molecule has 146 valence electrons. The first-order chi connectivity index (χ1) is 13.6. The molecule has 2 atom stereocenters. The van der Waals surface area contributed by atoms with E-state index in [2.05, 4.69) is 47.8 Å². The number of hydrogen-bond acceptors (Lipinski definition) is 2. The summed E-state index contributed by atoms with van der Waals surface area (Å²) in [5.74, 6) is 0.0227. The number of hydrogen-bond donors (Lipinski definition) is 2. The summed E-state index contributed by atoms with van der Waals surface area (Å²) in [4.78, 5) is 22.4. The van der Waals surface area contributed by atoms with E-state index in [4.69, 9.17) is 0 Å². The van der Waals surface area contributed by atoms with Gasteiger partial charge in [-0.3, -0.25) is 4.79 Å². The Bertz CT molecular complexity index is 897. The van der Waals surface area contributed by atoms with Gasteiger partial charge in [0.25, 0.3) is 0 Å². The van der Waals surface area contributed by atoms with Crippen molar-refractivity contribution in [1.82, 2.24) is 5.32 Å². The molecule has 0 saturated heterocycles. The van der Waals surface area contributed by atoms with Gasteiger partial charge in [-0.25, -0.2) is 0 Å². The minimum atomic E-state index is -1.09. The summed E-state index contributed by atoms with van der Waals surface area (Å²) in [5.41, 5.74) is 2.45. The number of carbonyl (C=O) groups excluding carboxylic acids is 1. The molecule has 0 aromatic heterocycles. The summed E-state index contributed by atoms with van der Waals surface area (Å²) in [6.45, 7) is 2.03. The lowest BCUT2D eigenvalue weighted by atomic mass is 10.0. The van der Waals surface area contributed by atoms with Gasteiger partial charge in [0.15, 0.2) is 0 Å². The summed E-state index contributed by atoms with van der Waals surface area (Å²) in [5, 5.41) is 5.52. The van der Waals surface area contributed by atoms with Gasteiger partial charge in [-0.1, -0.05) is 72.8 Å². The Morgan fingerprint density at radius 2 is 1.64 bits per heavy atom. The second-order valence-electron chi connectivity index (χ2n) is 7.29. The van der Waals surface area contributed by atoms with Crippen LogP contribution in [0.2, 0.25) is 0 Å². The molecule has 0 aliphatic rings. The van der Waals surface area contributed by atoms with Gasteiger partial charge in [-0.2, -0.15) is 0 Å². The number of amides is 1. The Balaban J connectivity index is 1.39. The molecule has 3 aromatic carbocycles. The Kier molecular flexibility index (Phi) is 7.59. The molecule has 28 heavy (non-hydrogen) atoms. The van der Waals surface area contributed by atoms with Crippen molar-refractivity contribution in [3.05, 3.63) is 83.9 Å². The minimum absolute atomic E-state index is 0.0227. The smallest absolute Gasteiger partial charge is 0.220 e. The fourth-order valence-electron chi connectivity index (χ4n) is 3.36. The largest absolute Gasteiger partial charge is 0.374 e. The maximum absolute atomic E-state index is 12.2. The lowest BCUT2D eigenvalue weighted by Crippen LogP contribution is -2.34. The minimum Gasteiger partial charge on any atom is -0.374 e. The third kappa shape index (κ3) is 6.44. The van der Waals surface area contributed by atoms with Gasteiger partial charge in [-0.15, -0.1) is 0 Å². The first-order valence-electron chi connectivity index (χ1n) is 9.85. The van der Waals surface area contributed by atoms with Crippen LogP contribution in [-0.4, -0.2) is 29.2 Å². The van der Waals surface area contributed by atoms with E-state index >= 15 is 0 Å². The molecule has 3 nitrogen and oxygen atoms in total. The number of rotatable bonds is 9. The Hall–Kier alpha value is -2.22. The second kappa shape index (κ2) is 10.4. The highest BCUT2D eigenvalue weighted by molar-refractivity contribution is 7.51. The third-order valence-corrected chi connectivity index (χ3v) is 6.34. The molecule has 0 fully saturated rings. The molecule has 0 aliphatic heterocycles. The molecule has 0 bridgehead atoms.